The Bertz CT molecular complexity index is 787. The lowest BCUT2D eigenvalue weighted by molar-refractivity contribution is -0.233. The number of ether oxygens (including phenoxy) is 1. The largest absolute Gasteiger partial charge is 0.519 e. The van der Waals surface area contributed by atoms with E-state index in [1.807, 2.05) is 19.1 Å². The minimum Gasteiger partial charge on any atom is -0.519 e. The van der Waals surface area contributed by atoms with Crippen molar-refractivity contribution in [3.63, 3.8) is 0 Å². The van der Waals surface area contributed by atoms with Gasteiger partial charge in [0.25, 0.3) is 8.32 Å². The second kappa shape index (κ2) is 6.32. The van der Waals surface area contributed by atoms with Gasteiger partial charge in [0.05, 0.1) is 5.92 Å². The van der Waals surface area contributed by atoms with E-state index in [1.54, 1.807) is 0 Å². The maximum absolute atomic E-state index is 13.9. The van der Waals surface area contributed by atoms with E-state index in [2.05, 4.69) is 61.2 Å². The molecule has 2 bridgehead atoms. The maximum Gasteiger partial charge on any atom is 0.314 e. The number of carbonyl (C=O) groups excluding carboxylic acids is 2. The van der Waals surface area contributed by atoms with Crippen LogP contribution in [-0.2, 0) is 18.8 Å². The molecule has 162 valence electrons. The average molecular weight is 419 g/mol. The van der Waals surface area contributed by atoms with Crippen LogP contribution in [0.1, 0.15) is 61.3 Å². The van der Waals surface area contributed by atoms with E-state index in [4.69, 9.17) is 9.16 Å². The van der Waals surface area contributed by atoms with E-state index in [-0.39, 0.29) is 34.2 Å². The number of hydrogen-bond acceptors (Lipinski definition) is 4. The standard InChI is InChI=1S/C24H38O4Si/c1-11-23(8)13-12-17-22(6,7)16-14-15(2)24(17,27-19(16)25)18(23)20(26)28-29(9,10)21(3,4)5/h11,14,16-18H,1,12-13H2,2-10H3/t16-,17+,18+,23?,24-/m1/s1. The molecule has 4 aliphatic rings. The molecule has 1 unspecified atom stereocenters. The Morgan fingerprint density at radius 2 is 1.90 bits per heavy atom. The third-order valence-electron chi connectivity index (χ3n) is 8.70. The summed E-state index contributed by atoms with van der Waals surface area (Å²) in [5.41, 5.74) is -0.703. The predicted molar refractivity (Wildman–Crippen MR) is 118 cm³/mol. The number of hydrogen-bond donors (Lipinski definition) is 0. The monoisotopic (exact) mass is 418 g/mol. The van der Waals surface area contributed by atoms with Gasteiger partial charge in [0.15, 0.2) is 5.60 Å². The number of carbonyl (C=O) groups is 2. The summed E-state index contributed by atoms with van der Waals surface area (Å²) in [6.07, 6.45) is 5.66. The summed E-state index contributed by atoms with van der Waals surface area (Å²) in [6.45, 7) is 23.0. The molecule has 4 rings (SSSR count). The van der Waals surface area contributed by atoms with Crippen LogP contribution in [0.25, 0.3) is 0 Å². The van der Waals surface area contributed by atoms with E-state index < -0.39 is 25.3 Å². The van der Waals surface area contributed by atoms with Gasteiger partial charge in [-0.3, -0.25) is 9.59 Å². The van der Waals surface area contributed by atoms with Crippen molar-refractivity contribution < 1.29 is 18.8 Å². The summed E-state index contributed by atoms with van der Waals surface area (Å²) < 4.78 is 12.5. The Morgan fingerprint density at radius 3 is 2.41 bits per heavy atom. The lowest BCUT2D eigenvalue weighted by Gasteiger charge is -2.65. The van der Waals surface area contributed by atoms with Crippen LogP contribution >= 0.6 is 0 Å². The van der Waals surface area contributed by atoms with E-state index in [0.717, 1.165) is 18.4 Å². The zero-order valence-corrected chi connectivity index (χ0v) is 20.6. The van der Waals surface area contributed by atoms with Crippen molar-refractivity contribution in [2.24, 2.45) is 28.6 Å². The van der Waals surface area contributed by atoms with E-state index in [0.29, 0.717) is 0 Å². The minimum absolute atomic E-state index is 0.0905. The van der Waals surface area contributed by atoms with Gasteiger partial charge in [-0.2, -0.15) is 0 Å². The van der Waals surface area contributed by atoms with E-state index in [9.17, 15) is 9.59 Å². The average Bonchev–Trinajstić information content (AvgIpc) is 2.55. The molecule has 1 spiro atoms. The molecule has 2 heterocycles. The predicted octanol–water partition coefficient (Wildman–Crippen LogP) is 5.65. The van der Waals surface area contributed by atoms with Gasteiger partial charge in [-0.1, -0.05) is 53.7 Å². The van der Waals surface area contributed by atoms with Gasteiger partial charge in [0, 0.05) is 11.3 Å². The smallest absolute Gasteiger partial charge is 0.314 e. The van der Waals surface area contributed by atoms with Crippen LogP contribution in [0.4, 0.5) is 0 Å². The number of rotatable bonds is 3. The highest BCUT2D eigenvalue weighted by Crippen LogP contribution is 2.66. The van der Waals surface area contributed by atoms with Crippen molar-refractivity contribution in [2.75, 3.05) is 0 Å². The Morgan fingerprint density at radius 1 is 1.31 bits per heavy atom. The first-order valence-corrected chi connectivity index (χ1v) is 13.7. The number of allylic oxidation sites excluding steroid dienone is 1. The quantitative estimate of drug-likeness (QED) is 0.337. The molecule has 4 nitrogen and oxygen atoms in total. The summed E-state index contributed by atoms with van der Waals surface area (Å²) in [4.78, 5) is 26.8. The van der Waals surface area contributed by atoms with Crippen LogP contribution in [0.2, 0.25) is 18.1 Å². The molecule has 0 radical (unpaired) electrons. The summed E-state index contributed by atoms with van der Waals surface area (Å²) in [5.74, 6) is -1.19. The lowest BCUT2D eigenvalue weighted by Crippen LogP contribution is -2.71. The van der Waals surface area contributed by atoms with Gasteiger partial charge in [0.1, 0.15) is 5.92 Å². The Labute approximate surface area is 177 Å². The van der Waals surface area contributed by atoms with Crippen molar-refractivity contribution in [1.82, 2.24) is 0 Å². The van der Waals surface area contributed by atoms with Gasteiger partial charge in [-0.15, -0.1) is 6.58 Å². The highest BCUT2D eigenvalue weighted by Gasteiger charge is 2.71. The van der Waals surface area contributed by atoms with Crippen LogP contribution < -0.4 is 0 Å². The Hall–Kier alpha value is -1.36. The Kier molecular flexibility index (Phi) is 4.86. The molecule has 2 fully saturated rings. The third-order valence-corrected chi connectivity index (χ3v) is 13.0. The molecule has 0 N–H and O–H groups in total. The zero-order chi connectivity index (χ0) is 22.2. The summed E-state index contributed by atoms with van der Waals surface area (Å²) >= 11 is 0. The zero-order valence-electron chi connectivity index (χ0n) is 19.6. The minimum atomic E-state index is -2.34. The number of fused-ring (bicyclic) bond motifs is 1. The molecular weight excluding hydrogens is 380 g/mol. The fraction of sp³-hybridized carbons (Fsp3) is 0.750. The molecule has 1 saturated carbocycles. The summed E-state index contributed by atoms with van der Waals surface area (Å²) in [7, 11) is -2.34. The van der Waals surface area contributed by atoms with Crippen molar-refractivity contribution in [1.29, 1.82) is 0 Å². The summed E-state index contributed by atoms with van der Waals surface area (Å²) in [5, 5.41) is -0.0932. The lowest BCUT2D eigenvalue weighted by atomic mass is 9.44. The van der Waals surface area contributed by atoms with Crippen molar-refractivity contribution >= 4 is 20.3 Å². The molecule has 0 aromatic carbocycles. The van der Waals surface area contributed by atoms with E-state index >= 15 is 0 Å². The van der Waals surface area contributed by atoms with Crippen molar-refractivity contribution in [2.45, 2.75) is 85.0 Å². The molecule has 29 heavy (non-hydrogen) atoms. The molecule has 0 aromatic heterocycles. The Balaban J connectivity index is 2.17. The van der Waals surface area contributed by atoms with Gasteiger partial charge >= 0.3 is 11.9 Å². The first-order valence-electron chi connectivity index (χ1n) is 10.8. The topological polar surface area (TPSA) is 52.6 Å². The molecular formula is C24H38O4Si. The molecule has 1 saturated heterocycles. The molecule has 2 aliphatic heterocycles. The van der Waals surface area contributed by atoms with Crippen LogP contribution in [0, 0.1) is 28.6 Å². The molecule has 5 heteroatoms. The first-order chi connectivity index (χ1) is 13.0. The maximum atomic E-state index is 13.9. The SMILES string of the molecule is C=CC1(C)CC[C@H]2C(C)(C)[C@@H]3C=C(C)[C@]2(OC3=O)[C@H]1C(=O)O[Si](C)(C)C(C)(C)C. The second-order valence-electron chi connectivity index (χ2n) is 11.8. The van der Waals surface area contributed by atoms with E-state index in [1.165, 1.54) is 0 Å². The molecule has 2 aliphatic carbocycles. The highest BCUT2D eigenvalue weighted by molar-refractivity contribution is 6.75. The van der Waals surface area contributed by atoms with Crippen LogP contribution in [-0.4, -0.2) is 25.9 Å². The van der Waals surface area contributed by atoms with Gasteiger partial charge < -0.3 is 9.16 Å². The van der Waals surface area contributed by atoms with Gasteiger partial charge in [0.2, 0.25) is 0 Å². The van der Waals surface area contributed by atoms with Gasteiger partial charge in [-0.25, -0.2) is 0 Å². The van der Waals surface area contributed by atoms with Crippen LogP contribution in [0.5, 0.6) is 0 Å². The van der Waals surface area contributed by atoms with Crippen LogP contribution in [0.15, 0.2) is 24.3 Å². The number of esters is 1. The fourth-order valence-electron chi connectivity index (χ4n) is 5.68. The van der Waals surface area contributed by atoms with Gasteiger partial charge in [-0.05, 0) is 48.9 Å². The normalized spacial score (nSPS) is 38.6. The molecule has 5 atom stereocenters. The van der Waals surface area contributed by atoms with Crippen LogP contribution in [0.3, 0.4) is 0 Å². The summed E-state index contributed by atoms with van der Waals surface area (Å²) in [6, 6.07) is 0. The molecule has 0 aromatic rings. The first kappa shape index (κ1) is 22.3. The van der Waals surface area contributed by atoms with Crippen molar-refractivity contribution in [3.8, 4) is 0 Å². The fourth-order valence-corrected chi connectivity index (χ4v) is 6.61. The third kappa shape index (κ3) is 2.90. The van der Waals surface area contributed by atoms with Crippen molar-refractivity contribution in [3.05, 3.63) is 24.3 Å². The molecule has 0 amide bonds. The highest BCUT2D eigenvalue weighted by atomic mass is 28.4. The second-order valence-corrected chi connectivity index (χ2v) is 16.5.